The Labute approximate surface area is 74.7 Å². The maximum Gasteiger partial charge on any atom is 0.0994 e. The van der Waals surface area contributed by atoms with E-state index in [0.29, 0.717) is 0 Å². The van der Waals surface area contributed by atoms with Crippen LogP contribution >= 0.6 is 0 Å². The van der Waals surface area contributed by atoms with E-state index in [1.165, 1.54) is 5.56 Å². The van der Waals surface area contributed by atoms with Crippen molar-refractivity contribution in [3.63, 3.8) is 0 Å². The normalized spacial score (nSPS) is 8.42. The lowest BCUT2D eigenvalue weighted by Crippen LogP contribution is -1.85. The van der Waals surface area contributed by atoms with Crippen molar-refractivity contribution in [1.82, 2.24) is 0 Å². The Morgan fingerprint density at radius 1 is 1.42 bits per heavy atom. The van der Waals surface area contributed by atoms with Crippen LogP contribution in [0.5, 0.6) is 0 Å². The summed E-state index contributed by atoms with van der Waals surface area (Å²) in [4.78, 5) is 0. The van der Waals surface area contributed by atoms with Crippen LogP contribution in [0, 0.1) is 18.3 Å². The molecule has 0 bridgehead atoms. The van der Waals surface area contributed by atoms with Crippen LogP contribution in [0.2, 0.25) is 0 Å². The molecule has 0 aromatic heterocycles. The summed E-state index contributed by atoms with van der Waals surface area (Å²) < 4.78 is 0. The van der Waals surface area contributed by atoms with Crippen molar-refractivity contribution >= 4 is 0 Å². The second-order valence-electron chi connectivity index (χ2n) is 2.61. The Kier molecular flexibility index (Phi) is 4.07. The van der Waals surface area contributed by atoms with Crippen LogP contribution in [0.3, 0.4) is 0 Å². The molecule has 64 valence electrons. The minimum absolute atomic E-state index is 0. The summed E-state index contributed by atoms with van der Waals surface area (Å²) in [5, 5.41) is 8.69. The highest BCUT2D eigenvalue weighted by Gasteiger charge is 1.96. The molecule has 0 aliphatic rings. The van der Waals surface area contributed by atoms with E-state index in [0.717, 1.165) is 17.5 Å². The van der Waals surface area contributed by atoms with Gasteiger partial charge in [0.05, 0.1) is 11.6 Å². The highest BCUT2D eigenvalue weighted by atomic mass is 14.2. The molecule has 1 aromatic rings. The first kappa shape index (κ1) is 10.7. The average Bonchev–Trinajstić information content (AvgIpc) is 2.05. The molecular weight excluding hydrogens is 146 g/mol. The molecule has 0 amide bonds. The number of aryl methyl sites for hydroxylation is 2. The van der Waals surface area contributed by atoms with E-state index in [9.17, 15) is 0 Å². The topological polar surface area (TPSA) is 23.8 Å². The Morgan fingerprint density at radius 2 is 2.08 bits per heavy atom. The number of nitriles is 1. The van der Waals surface area contributed by atoms with E-state index < -0.39 is 0 Å². The second-order valence-corrected chi connectivity index (χ2v) is 2.61. The van der Waals surface area contributed by atoms with Crippen LogP contribution in [0.4, 0.5) is 0 Å². The Balaban J connectivity index is 0.00000121. The van der Waals surface area contributed by atoms with Crippen molar-refractivity contribution in [3.8, 4) is 6.07 Å². The molecule has 0 unspecified atom stereocenters. The smallest absolute Gasteiger partial charge is 0.0994 e. The monoisotopic (exact) mass is 161 g/mol. The van der Waals surface area contributed by atoms with Gasteiger partial charge in [-0.15, -0.1) is 0 Å². The minimum atomic E-state index is 0. The SMILES string of the molecule is C.CCc1ccc(C)c(C#N)c1. The summed E-state index contributed by atoms with van der Waals surface area (Å²) in [6, 6.07) is 8.19. The number of rotatable bonds is 1. The fraction of sp³-hybridized carbons (Fsp3) is 0.364. The molecule has 0 fully saturated rings. The zero-order chi connectivity index (χ0) is 8.27. The molecule has 0 aliphatic carbocycles. The first-order valence-corrected chi connectivity index (χ1v) is 3.77. The number of nitrogens with zero attached hydrogens (tertiary/aromatic N) is 1. The maximum absolute atomic E-state index is 8.69. The van der Waals surface area contributed by atoms with Crippen LogP contribution in [0.1, 0.15) is 31.0 Å². The lowest BCUT2D eigenvalue weighted by molar-refractivity contribution is 1.13. The molecule has 1 rings (SSSR count). The van der Waals surface area contributed by atoms with Gasteiger partial charge in [-0.3, -0.25) is 0 Å². The van der Waals surface area contributed by atoms with Gasteiger partial charge in [0.15, 0.2) is 0 Å². The van der Waals surface area contributed by atoms with E-state index in [1.54, 1.807) is 0 Å². The average molecular weight is 161 g/mol. The van der Waals surface area contributed by atoms with Crippen molar-refractivity contribution in [1.29, 1.82) is 5.26 Å². The first-order chi connectivity index (χ1) is 5.27. The second kappa shape index (κ2) is 4.56. The van der Waals surface area contributed by atoms with Crippen LogP contribution in [-0.2, 0) is 6.42 Å². The van der Waals surface area contributed by atoms with Crippen molar-refractivity contribution in [2.75, 3.05) is 0 Å². The van der Waals surface area contributed by atoms with Crippen molar-refractivity contribution < 1.29 is 0 Å². The number of benzene rings is 1. The van der Waals surface area contributed by atoms with Gasteiger partial charge >= 0.3 is 0 Å². The van der Waals surface area contributed by atoms with Crippen molar-refractivity contribution in [3.05, 3.63) is 34.9 Å². The summed E-state index contributed by atoms with van der Waals surface area (Å²) in [6.45, 7) is 4.05. The van der Waals surface area contributed by atoms with Gasteiger partial charge in [-0.1, -0.05) is 26.5 Å². The minimum Gasteiger partial charge on any atom is -0.192 e. The lowest BCUT2D eigenvalue weighted by Gasteiger charge is -1.99. The van der Waals surface area contributed by atoms with Gasteiger partial charge in [-0.25, -0.2) is 0 Å². The predicted octanol–water partition coefficient (Wildman–Crippen LogP) is 3.07. The lowest BCUT2D eigenvalue weighted by atomic mass is 10.0. The van der Waals surface area contributed by atoms with Gasteiger partial charge in [0.25, 0.3) is 0 Å². The summed E-state index contributed by atoms with van der Waals surface area (Å²) in [7, 11) is 0. The third-order valence-electron chi connectivity index (χ3n) is 1.83. The van der Waals surface area contributed by atoms with Gasteiger partial charge in [0.1, 0.15) is 0 Å². The Hall–Kier alpha value is -1.29. The summed E-state index contributed by atoms with van der Waals surface area (Å²) in [5.74, 6) is 0. The number of hydrogen-bond acceptors (Lipinski definition) is 1. The molecule has 0 saturated heterocycles. The zero-order valence-corrected chi connectivity index (χ0v) is 6.89. The van der Waals surface area contributed by atoms with E-state index in [4.69, 9.17) is 5.26 Å². The molecule has 0 saturated carbocycles. The maximum atomic E-state index is 8.69. The van der Waals surface area contributed by atoms with Gasteiger partial charge in [0.2, 0.25) is 0 Å². The first-order valence-electron chi connectivity index (χ1n) is 3.77. The summed E-state index contributed by atoms with van der Waals surface area (Å²) in [6.07, 6.45) is 0.995. The summed E-state index contributed by atoms with van der Waals surface area (Å²) in [5.41, 5.74) is 3.08. The fourth-order valence-electron chi connectivity index (χ4n) is 1.01. The van der Waals surface area contributed by atoms with Crippen LogP contribution in [0.25, 0.3) is 0 Å². The van der Waals surface area contributed by atoms with Crippen molar-refractivity contribution in [2.45, 2.75) is 27.7 Å². The standard InChI is InChI=1S/C10H11N.CH4/c1-3-9-5-4-8(2)10(6-9)7-11;/h4-6H,3H2,1-2H3;1H4. The number of hydrogen-bond donors (Lipinski definition) is 0. The summed E-state index contributed by atoms with van der Waals surface area (Å²) >= 11 is 0. The largest absolute Gasteiger partial charge is 0.192 e. The molecule has 1 nitrogen and oxygen atoms in total. The Bertz CT molecular complexity index is 294. The van der Waals surface area contributed by atoms with E-state index >= 15 is 0 Å². The predicted molar refractivity (Wildman–Crippen MR) is 52.0 cm³/mol. The molecule has 1 aromatic carbocycles. The molecule has 1 heteroatoms. The van der Waals surface area contributed by atoms with E-state index in [2.05, 4.69) is 19.1 Å². The molecular formula is C11H15N. The van der Waals surface area contributed by atoms with Crippen molar-refractivity contribution in [2.24, 2.45) is 0 Å². The van der Waals surface area contributed by atoms with E-state index in [1.807, 2.05) is 19.1 Å². The molecule has 12 heavy (non-hydrogen) atoms. The fourth-order valence-corrected chi connectivity index (χ4v) is 1.01. The van der Waals surface area contributed by atoms with Crippen LogP contribution in [-0.4, -0.2) is 0 Å². The van der Waals surface area contributed by atoms with Crippen LogP contribution < -0.4 is 0 Å². The highest BCUT2D eigenvalue weighted by Crippen LogP contribution is 2.09. The molecule has 0 heterocycles. The van der Waals surface area contributed by atoms with Gasteiger partial charge in [-0.05, 0) is 30.5 Å². The van der Waals surface area contributed by atoms with E-state index in [-0.39, 0.29) is 7.43 Å². The zero-order valence-electron chi connectivity index (χ0n) is 6.89. The molecule has 0 spiro atoms. The van der Waals surface area contributed by atoms with Gasteiger partial charge in [0, 0.05) is 0 Å². The highest BCUT2D eigenvalue weighted by molar-refractivity contribution is 5.39. The Morgan fingerprint density at radius 3 is 2.58 bits per heavy atom. The molecule has 0 radical (unpaired) electrons. The third-order valence-corrected chi connectivity index (χ3v) is 1.83. The third kappa shape index (κ3) is 2.10. The molecule has 0 N–H and O–H groups in total. The van der Waals surface area contributed by atoms with Crippen LogP contribution in [0.15, 0.2) is 18.2 Å². The molecule has 0 aliphatic heterocycles. The quantitative estimate of drug-likeness (QED) is 0.621. The van der Waals surface area contributed by atoms with Gasteiger partial charge < -0.3 is 0 Å². The molecule has 0 atom stereocenters. The van der Waals surface area contributed by atoms with Gasteiger partial charge in [-0.2, -0.15) is 5.26 Å².